The third-order valence-electron chi connectivity index (χ3n) is 5.60. The van der Waals surface area contributed by atoms with Crippen LogP contribution in [-0.2, 0) is 17.9 Å². The maximum absolute atomic E-state index is 14.3. The van der Waals surface area contributed by atoms with Crippen molar-refractivity contribution in [3.63, 3.8) is 0 Å². The van der Waals surface area contributed by atoms with Crippen molar-refractivity contribution in [3.8, 4) is 11.3 Å². The van der Waals surface area contributed by atoms with E-state index in [1.807, 2.05) is 24.3 Å². The van der Waals surface area contributed by atoms with Crippen molar-refractivity contribution in [1.82, 2.24) is 9.97 Å². The van der Waals surface area contributed by atoms with Crippen LogP contribution in [0.3, 0.4) is 0 Å². The second-order valence-electron chi connectivity index (χ2n) is 7.63. The molecule has 2 fully saturated rings. The number of nitrogens with two attached hydrogens (primary N) is 1. The molecule has 0 unspecified atom stereocenters. The Hall–Kier alpha value is -1.80. The van der Waals surface area contributed by atoms with Crippen molar-refractivity contribution in [2.45, 2.75) is 30.5 Å². The number of nitrogens with zero attached hydrogens (tertiary/aromatic N) is 3. The summed E-state index contributed by atoms with van der Waals surface area (Å²) >= 11 is 1.80. The average Bonchev–Trinajstić information content (AvgIpc) is 2.91. The van der Waals surface area contributed by atoms with Crippen molar-refractivity contribution >= 4 is 17.7 Å². The summed E-state index contributed by atoms with van der Waals surface area (Å²) in [5, 5.41) is 0. The van der Waals surface area contributed by atoms with Crippen molar-refractivity contribution in [3.05, 3.63) is 41.1 Å². The Morgan fingerprint density at radius 3 is 2.41 bits per heavy atom. The Balaban J connectivity index is 1.57. The first-order valence-electron chi connectivity index (χ1n) is 9.01. The lowest BCUT2D eigenvalue weighted by Crippen LogP contribution is -2.49. The van der Waals surface area contributed by atoms with Crippen LogP contribution in [0.2, 0.25) is 0 Å². The van der Waals surface area contributed by atoms with Gasteiger partial charge in [-0.1, -0.05) is 24.3 Å². The minimum absolute atomic E-state index is 0.149. The van der Waals surface area contributed by atoms with Gasteiger partial charge in [0.1, 0.15) is 11.9 Å². The number of halogens is 3. The monoisotopic (exact) mass is 392 g/mol. The highest BCUT2D eigenvalue weighted by Crippen LogP contribution is 2.45. The number of alkyl halides is 3. The molecule has 0 spiro atoms. The summed E-state index contributed by atoms with van der Waals surface area (Å²) < 4.78 is 41.9. The zero-order valence-corrected chi connectivity index (χ0v) is 15.4. The molecule has 1 aromatic carbocycles. The summed E-state index contributed by atoms with van der Waals surface area (Å²) in [6, 6.07) is 7.70. The van der Waals surface area contributed by atoms with E-state index >= 15 is 0 Å². The minimum atomic E-state index is -2.97. The predicted molar refractivity (Wildman–Crippen MR) is 100.0 cm³/mol. The highest BCUT2D eigenvalue weighted by Gasteiger charge is 2.44. The third-order valence-corrected chi connectivity index (χ3v) is 7.04. The molecular weight excluding hydrogens is 373 g/mol. The summed E-state index contributed by atoms with van der Waals surface area (Å²) in [6.45, 7) is 0.298. The summed E-state index contributed by atoms with van der Waals surface area (Å²) in [7, 11) is 0. The SMILES string of the molecule is NC1(c2ccc(-c3nc(N4CC(F)C4)nc4c3CCC4(F)F)cc2)CSC1. The van der Waals surface area contributed by atoms with E-state index < -0.39 is 12.1 Å². The highest BCUT2D eigenvalue weighted by molar-refractivity contribution is 8.00. The molecule has 3 heterocycles. The number of hydrogen-bond donors (Lipinski definition) is 1. The second kappa shape index (κ2) is 5.85. The average molecular weight is 392 g/mol. The number of aromatic nitrogens is 2. The van der Waals surface area contributed by atoms with Gasteiger partial charge < -0.3 is 10.6 Å². The van der Waals surface area contributed by atoms with Crippen molar-refractivity contribution in [2.75, 3.05) is 29.5 Å². The maximum atomic E-state index is 14.3. The largest absolute Gasteiger partial charge is 0.335 e. The van der Waals surface area contributed by atoms with Gasteiger partial charge in [-0.3, -0.25) is 0 Å². The maximum Gasteiger partial charge on any atom is 0.290 e. The van der Waals surface area contributed by atoms with E-state index in [0.29, 0.717) is 11.3 Å². The smallest absolute Gasteiger partial charge is 0.290 e. The molecule has 0 atom stereocenters. The first-order chi connectivity index (χ1) is 12.9. The van der Waals surface area contributed by atoms with Crippen molar-refractivity contribution < 1.29 is 13.2 Å². The molecule has 27 heavy (non-hydrogen) atoms. The molecule has 0 amide bonds. The fraction of sp³-hybridized carbons (Fsp3) is 0.474. The van der Waals surface area contributed by atoms with Crippen molar-refractivity contribution in [2.24, 2.45) is 5.73 Å². The van der Waals surface area contributed by atoms with Crippen molar-refractivity contribution in [1.29, 1.82) is 0 Å². The quantitative estimate of drug-likeness (QED) is 0.869. The van der Waals surface area contributed by atoms with E-state index in [-0.39, 0.29) is 43.1 Å². The van der Waals surface area contributed by atoms with Gasteiger partial charge in [-0.05, 0) is 12.0 Å². The molecule has 1 aromatic heterocycles. The lowest BCUT2D eigenvalue weighted by Gasteiger charge is -2.38. The van der Waals surface area contributed by atoms with Crippen LogP contribution in [0.15, 0.2) is 24.3 Å². The molecule has 8 heteroatoms. The van der Waals surface area contributed by atoms with E-state index in [1.165, 1.54) is 0 Å². The first-order valence-corrected chi connectivity index (χ1v) is 10.2. The molecule has 2 N–H and O–H groups in total. The lowest BCUT2D eigenvalue weighted by atomic mass is 9.92. The van der Waals surface area contributed by atoms with E-state index in [9.17, 15) is 13.2 Å². The number of benzene rings is 1. The molecule has 1 aliphatic carbocycles. The second-order valence-corrected chi connectivity index (χ2v) is 8.62. The van der Waals surface area contributed by atoms with E-state index in [4.69, 9.17) is 5.73 Å². The van der Waals surface area contributed by atoms with E-state index in [0.717, 1.165) is 22.6 Å². The van der Waals surface area contributed by atoms with Crippen LogP contribution in [0.4, 0.5) is 19.1 Å². The van der Waals surface area contributed by atoms with Gasteiger partial charge in [0.15, 0.2) is 0 Å². The summed E-state index contributed by atoms with van der Waals surface area (Å²) in [5.41, 5.74) is 8.67. The topological polar surface area (TPSA) is 55.0 Å². The van der Waals surface area contributed by atoms with Crippen LogP contribution >= 0.6 is 11.8 Å². The number of thioether (sulfide) groups is 1. The zero-order chi connectivity index (χ0) is 18.8. The molecule has 2 aliphatic heterocycles. The van der Waals surface area contributed by atoms with Crippen LogP contribution < -0.4 is 10.6 Å². The van der Waals surface area contributed by atoms with Gasteiger partial charge in [0.25, 0.3) is 5.92 Å². The molecular formula is C19H19F3N4S. The molecule has 2 saturated heterocycles. The molecule has 0 bridgehead atoms. The van der Waals surface area contributed by atoms with Crippen LogP contribution in [0.1, 0.15) is 23.2 Å². The molecule has 0 saturated carbocycles. The Morgan fingerprint density at radius 2 is 1.81 bits per heavy atom. The van der Waals surface area contributed by atoms with Gasteiger partial charge in [0, 0.05) is 29.1 Å². The molecule has 142 valence electrons. The van der Waals surface area contributed by atoms with E-state index in [2.05, 4.69) is 9.97 Å². The van der Waals surface area contributed by atoms with Gasteiger partial charge in [-0.15, -0.1) is 0 Å². The fourth-order valence-electron chi connectivity index (χ4n) is 3.83. The van der Waals surface area contributed by atoms with E-state index in [1.54, 1.807) is 16.7 Å². The number of hydrogen-bond acceptors (Lipinski definition) is 5. The summed E-state index contributed by atoms with van der Waals surface area (Å²) in [6.07, 6.45) is -0.977. The predicted octanol–water partition coefficient (Wildman–Crippen LogP) is 3.24. The minimum Gasteiger partial charge on any atom is -0.335 e. The molecule has 2 aromatic rings. The number of anilines is 1. The fourth-order valence-corrected chi connectivity index (χ4v) is 4.81. The van der Waals surface area contributed by atoms with Gasteiger partial charge in [-0.2, -0.15) is 20.5 Å². The molecule has 4 nitrogen and oxygen atoms in total. The Bertz CT molecular complexity index is 893. The summed E-state index contributed by atoms with van der Waals surface area (Å²) in [4.78, 5) is 10.3. The van der Waals surface area contributed by atoms with Gasteiger partial charge in [-0.25, -0.2) is 14.4 Å². The number of fused-ring (bicyclic) bond motifs is 1. The van der Waals surface area contributed by atoms with Crippen LogP contribution in [0.5, 0.6) is 0 Å². The van der Waals surface area contributed by atoms with Crippen LogP contribution in [-0.4, -0.2) is 40.7 Å². The molecule has 3 aliphatic rings. The normalized spacial score (nSPS) is 22.9. The lowest BCUT2D eigenvalue weighted by molar-refractivity contribution is -0.00594. The van der Waals surface area contributed by atoms with Gasteiger partial charge in [0.05, 0.1) is 24.3 Å². The Morgan fingerprint density at radius 1 is 1.11 bits per heavy atom. The summed E-state index contributed by atoms with van der Waals surface area (Å²) in [5.74, 6) is -1.02. The molecule has 5 rings (SSSR count). The van der Waals surface area contributed by atoms with Crippen LogP contribution in [0, 0.1) is 0 Å². The highest BCUT2D eigenvalue weighted by atomic mass is 32.2. The number of rotatable bonds is 3. The first kappa shape index (κ1) is 17.3. The van der Waals surface area contributed by atoms with Gasteiger partial charge >= 0.3 is 0 Å². The molecule has 0 radical (unpaired) electrons. The van der Waals surface area contributed by atoms with Gasteiger partial charge in [0.2, 0.25) is 5.95 Å². The Labute approximate surface area is 159 Å². The van der Waals surface area contributed by atoms with Crippen LogP contribution in [0.25, 0.3) is 11.3 Å². The standard InChI is InChI=1S/C19H19F3N4S/c20-13-7-26(8-13)17-24-15(14-5-6-19(21,22)16(14)25-17)11-1-3-12(4-2-11)18(23)9-27-10-18/h1-4,13H,5-10,23H2. The Kier molecular flexibility index (Phi) is 3.75. The third kappa shape index (κ3) is 2.72. The zero-order valence-electron chi connectivity index (χ0n) is 14.6.